The standard InChI is InChI=1S/C31H27N4O.Pt/c1-31(2,3)22-14-15-32-30(18-22)35-28-11-6-5-10-26(28)27-13-12-25(20-29(27)35)36-24-9-7-8-23(19-24)34-17-16-33(4)21-34;/h5-18,21H,1-4H3;/q-3;/i4D3;. The molecule has 0 fully saturated rings. The summed E-state index contributed by atoms with van der Waals surface area (Å²) in [5.41, 5.74) is 3.75. The average molecular weight is 670 g/mol. The van der Waals surface area contributed by atoms with Gasteiger partial charge in [0.15, 0.2) is 0 Å². The zero-order valence-electron chi connectivity index (χ0n) is 23.7. The van der Waals surface area contributed by atoms with Crippen molar-refractivity contribution in [3.63, 3.8) is 0 Å². The molecule has 1 aliphatic rings. The van der Waals surface area contributed by atoms with Gasteiger partial charge < -0.3 is 19.1 Å². The van der Waals surface area contributed by atoms with Gasteiger partial charge in [-0.1, -0.05) is 44.5 Å². The first-order valence-corrected chi connectivity index (χ1v) is 11.8. The molecule has 5 nitrogen and oxygen atoms in total. The fourth-order valence-corrected chi connectivity index (χ4v) is 4.44. The van der Waals surface area contributed by atoms with E-state index < -0.39 is 6.98 Å². The summed E-state index contributed by atoms with van der Waals surface area (Å²) in [5, 5.41) is 2.17. The van der Waals surface area contributed by atoms with Gasteiger partial charge in [0, 0.05) is 48.4 Å². The molecule has 6 rings (SSSR count). The second-order valence-electron chi connectivity index (χ2n) is 9.82. The van der Waals surface area contributed by atoms with E-state index in [1.807, 2.05) is 48.7 Å². The molecule has 1 aliphatic heterocycles. The second-order valence-corrected chi connectivity index (χ2v) is 9.82. The first kappa shape index (κ1) is 21.5. The number of para-hydroxylation sites is 1. The van der Waals surface area contributed by atoms with Gasteiger partial charge >= 0.3 is 0 Å². The van der Waals surface area contributed by atoms with Gasteiger partial charge in [-0.15, -0.1) is 41.4 Å². The van der Waals surface area contributed by atoms with Gasteiger partial charge in [-0.3, -0.25) is 0 Å². The predicted molar refractivity (Wildman–Crippen MR) is 145 cm³/mol. The van der Waals surface area contributed by atoms with Gasteiger partial charge in [-0.05, 0) is 53.9 Å². The molecule has 0 spiro atoms. The van der Waals surface area contributed by atoms with Gasteiger partial charge in [0.05, 0.1) is 0 Å². The Kier molecular flexibility index (Phi) is 5.65. The Morgan fingerprint density at radius 2 is 1.76 bits per heavy atom. The van der Waals surface area contributed by atoms with E-state index in [4.69, 9.17) is 13.8 Å². The van der Waals surface area contributed by atoms with Crippen LogP contribution in [0.15, 0.2) is 85.3 Å². The van der Waals surface area contributed by atoms with Crippen LogP contribution in [0.5, 0.6) is 11.5 Å². The maximum absolute atomic E-state index is 7.60. The molecule has 0 saturated carbocycles. The molecular weight excluding hydrogens is 639 g/mol. The van der Waals surface area contributed by atoms with Crippen LogP contribution in [0.4, 0.5) is 5.69 Å². The van der Waals surface area contributed by atoms with Crippen LogP contribution in [0.25, 0.3) is 27.6 Å². The number of ether oxygens (including phenoxy) is 1. The van der Waals surface area contributed by atoms with Crippen molar-refractivity contribution in [3.05, 3.63) is 110 Å². The molecule has 0 unspecified atom stereocenters. The van der Waals surface area contributed by atoms with E-state index in [2.05, 4.69) is 61.7 Å². The monoisotopic (exact) mass is 669 g/mol. The number of rotatable bonds is 4. The Labute approximate surface area is 236 Å². The summed E-state index contributed by atoms with van der Waals surface area (Å²) in [4.78, 5) is 7.60. The Morgan fingerprint density at radius 1 is 0.919 bits per heavy atom. The normalized spacial score (nSPS) is 14.9. The Balaban J connectivity index is 0.00000323. The van der Waals surface area contributed by atoms with Crippen LogP contribution in [0.2, 0.25) is 0 Å². The van der Waals surface area contributed by atoms with E-state index in [1.165, 1.54) is 23.3 Å². The molecule has 0 amide bonds. The summed E-state index contributed by atoms with van der Waals surface area (Å²) >= 11 is 0. The number of nitrogens with zero attached hydrogens (tertiary/aromatic N) is 4. The number of aromatic nitrogens is 2. The van der Waals surface area contributed by atoms with Gasteiger partial charge in [0.25, 0.3) is 0 Å². The summed E-state index contributed by atoms with van der Waals surface area (Å²) in [7, 11) is 0. The number of pyridine rings is 1. The topological polar surface area (TPSA) is 33.5 Å². The van der Waals surface area contributed by atoms with Crippen molar-refractivity contribution in [2.24, 2.45) is 0 Å². The maximum Gasteiger partial charge on any atom is 0.135 e. The van der Waals surface area contributed by atoms with Crippen LogP contribution in [-0.2, 0) is 26.5 Å². The first-order chi connectivity index (χ1) is 18.6. The third-order valence-electron chi connectivity index (χ3n) is 6.29. The van der Waals surface area contributed by atoms with E-state index in [-0.39, 0.29) is 26.5 Å². The van der Waals surface area contributed by atoms with Gasteiger partial charge in [0.1, 0.15) is 5.82 Å². The van der Waals surface area contributed by atoms with Gasteiger partial charge in [-0.25, -0.2) is 4.98 Å². The molecule has 0 atom stereocenters. The van der Waals surface area contributed by atoms with Gasteiger partial charge in [0.2, 0.25) is 0 Å². The fourth-order valence-electron chi connectivity index (χ4n) is 4.44. The van der Waals surface area contributed by atoms with Crippen molar-refractivity contribution < 1.29 is 29.9 Å². The summed E-state index contributed by atoms with van der Waals surface area (Å²) in [6, 6.07) is 28.6. The van der Waals surface area contributed by atoms with Crippen LogP contribution < -0.4 is 9.64 Å². The van der Waals surface area contributed by atoms with Crippen LogP contribution in [0, 0.1) is 18.8 Å². The van der Waals surface area contributed by atoms with Crippen molar-refractivity contribution in [2.75, 3.05) is 11.9 Å². The molecule has 3 aromatic carbocycles. The minimum absolute atomic E-state index is 0. The average Bonchev–Trinajstić information content (AvgIpc) is 3.52. The number of hydrogen-bond donors (Lipinski definition) is 0. The van der Waals surface area contributed by atoms with Crippen LogP contribution in [0.1, 0.15) is 30.4 Å². The van der Waals surface area contributed by atoms with Crippen molar-refractivity contribution in [1.82, 2.24) is 14.5 Å². The van der Waals surface area contributed by atoms with E-state index in [1.54, 1.807) is 11.1 Å². The third-order valence-corrected chi connectivity index (χ3v) is 6.29. The molecule has 0 radical (unpaired) electrons. The van der Waals surface area contributed by atoms with Crippen molar-refractivity contribution in [1.29, 1.82) is 0 Å². The zero-order valence-corrected chi connectivity index (χ0v) is 22.9. The SMILES string of the molecule is [2H]C([2H])([2H])N1C=CN(c2[c-]c(Oc3[c-]c4c(cc3)c3ccccc3n4-c3cc(C(C)(C)C)ccn3)ccc2)[CH-]1.[Pt]. The van der Waals surface area contributed by atoms with Crippen molar-refractivity contribution >= 4 is 27.5 Å². The van der Waals surface area contributed by atoms with E-state index in [9.17, 15) is 0 Å². The Bertz CT molecular complexity index is 1720. The third kappa shape index (κ3) is 4.76. The maximum atomic E-state index is 7.60. The molecule has 3 heterocycles. The summed E-state index contributed by atoms with van der Waals surface area (Å²) in [5.74, 6) is 1.86. The van der Waals surface area contributed by atoms with E-state index in [0.717, 1.165) is 27.6 Å². The first-order valence-electron chi connectivity index (χ1n) is 13.3. The molecule has 0 aliphatic carbocycles. The molecule has 0 saturated heterocycles. The van der Waals surface area contributed by atoms with Crippen LogP contribution in [0.3, 0.4) is 0 Å². The molecular formula is C31H27N4OPt-3. The Morgan fingerprint density at radius 3 is 2.57 bits per heavy atom. The van der Waals surface area contributed by atoms with E-state index in [0.29, 0.717) is 17.2 Å². The van der Waals surface area contributed by atoms with Crippen molar-refractivity contribution in [3.8, 4) is 17.3 Å². The summed E-state index contributed by atoms with van der Waals surface area (Å²) in [6.45, 7) is 5.84. The molecule has 6 heteroatoms. The molecule has 37 heavy (non-hydrogen) atoms. The molecule has 0 N–H and O–H groups in total. The number of fused-ring (bicyclic) bond motifs is 3. The van der Waals surface area contributed by atoms with Gasteiger partial charge in [-0.2, -0.15) is 18.8 Å². The number of anilines is 1. The second kappa shape index (κ2) is 9.72. The van der Waals surface area contributed by atoms with Crippen molar-refractivity contribution in [2.45, 2.75) is 26.2 Å². The largest absolute Gasteiger partial charge is 0.510 e. The number of benzene rings is 3. The summed E-state index contributed by atoms with van der Waals surface area (Å²) in [6.07, 6.45) is 5.05. The quantitative estimate of drug-likeness (QED) is 0.190. The fraction of sp³-hybridized carbons (Fsp3) is 0.161. The molecule has 0 bridgehead atoms. The zero-order chi connectivity index (χ0) is 27.4. The Hall–Kier alpha value is -3.56. The van der Waals surface area contributed by atoms with E-state index >= 15 is 0 Å². The smallest absolute Gasteiger partial charge is 0.135 e. The molecule has 5 aromatic rings. The molecule has 2 aromatic heterocycles. The van der Waals surface area contributed by atoms with Crippen LogP contribution >= 0.6 is 0 Å². The number of hydrogen-bond acceptors (Lipinski definition) is 4. The van der Waals surface area contributed by atoms with Crippen LogP contribution in [-0.4, -0.2) is 21.4 Å². The minimum Gasteiger partial charge on any atom is -0.510 e. The predicted octanol–water partition coefficient (Wildman–Crippen LogP) is 7.21. The summed E-state index contributed by atoms with van der Waals surface area (Å²) < 4.78 is 31.2. The minimum atomic E-state index is -2.25. The molecule has 190 valence electrons.